The lowest BCUT2D eigenvalue weighted by atomic mass is 10.3. The lowest BCUT2D eigenvalue weighted by molar-refractivity contribution is 1.14. The SMILES string of the molecule is Cc1cc2c(NCc3ccc(Cl)s3)nc(N)nc2s1. The minimum Gasteiger partial charge on any atom is -0.368 e. The summed E-state index contributed by atoms with van der Waals surface area (Å²) < 4.78 is 0.788. The second-order valence-electron chi connectivity index (χ2n) is 4.07. The smallest absolute Gasteiger partial charge is 0.223 e. The zero-order chi connectivity index (χ0) is 13.4. The quantitative estimate of drug-likeness (QED) is 0.770. The molecule has 98 valence electrons. The van der Waals surface area contributed by atoms with Gasteiger partial charge in [-0.2, -0.15) is 4.98 Å². The monoisotopic (exact) mass is 310 g/mol. The maximum atomic E-state index is 5.91. The van der Waals surface area contributed by atoms with Crippen LogP contribution in [0.3, 0.4) is 0 Å². The number of hydrogen-bond donors (Lipinski definition) is 2. The van der Waals surface area contributed by atoms with Gasteiger partial charge < -0.3 is 11.1 Å². The van der Waals surface area contributed by atoms with Crippen LogP contribution in [-0.2, 0) is 6.54 Å². The van der Waals surface area contributed by atoms with E-state index in [4.69, 9.17) is 17.3 Å². The van der Waals surface area contributed by atoms with Crippen molar-refractivity contribution < 1.29 is 0 Å². The lowest BCUT2D eigenvalue weighted by Crippen LogP contribution is -2.03. The van der Waals surface area contributed by atoms with Crippen molar-refractivity contribution in [3.05, 3.63) is 32.3 Å². The number of nitrogens with two attached hydrogens (primary N) is 1. The highest BCUT2D eigenvalue weighted by atomic mass is 35.5. The molecule has 3 aromatic rings. The summed E-state index contributed by atoms with van der Waals surface area (Å²) in [6.07, 6.45) is 0. The third kappa shape index (κ3) is 2.65. The van der Waals surface area contributed by atoms with Gasteiger partial charge in [0.05, 0.1) is 16.3 Å². The van der Waals surface area contributed by atoms with Crippen molar-refractivity contribution in [2.75, 3.05) is 11.1 Å². The van der Waals surface area contributed by atoms with Gasteiger partial charge in [0.2, 0.25) is 5.95 Å². The molecular weight excluding hydrogens is 300 g/mol. The number of nitrogen functional groups attached to an aromatic ring is 1. The third-order valence-electron chi connectivity index (χ3n) is 2.59. The van der Waals surface area contributed by atoms with Crippen molar-refractivity contribution >= 4 is 56.3 Å². The first kappa shape index (κ1) is 12.7. The van der Waals surface area contributed by atoms with Crippen LogP contribution in [-0.4, -0.2) is 9.97 Å². The molecule has 0 unspecified atom stereocenters. The van der Waals surface area contributed by atoms with Gasteiger partial charge in [-0.1, -0.05) is 11.6 Å². The molecule has 0 aromatic carbocycles. The first-order valence-corrected chi connectivity index (χ1v) is 7.64. The van der Waals surface area contributed by atoms with Crippen molar-refractivity contribution in [3.63, 3.8) is 0 Å². The normalized spacial score (nSPS) is 11.1. The standard InChI is InChI=1S/C12H11ClN4S2/c1-6-4-8-10(16-12(14)17-11(8)18-6)15-5-7-2-3-9(13)19-7/h2-4H,5H2,1H3,(H3,14,15,16,17). The second kappa shape index (κ2) is 4.96. The van der Waals surface area contributed by atoms with Gasteiger partial charge in [-0.05, 0) is 25.1 Å². The van der Waals surface area contributed by atoms with Gasteiger partial charge in [-0.15, -0.1) is 22.7 Å². The van der Waals surface area contributed by atoms with Gasteiger partial charge in [-0.25, -0.2) is 4.98 Å². The molecule has 7 heteroatoms. The molecule has 0 fully saturated rings. The van der Waals surface area contributed by atoms with Crippen LogP contribution in [0.5, 0.6) is 0 Å². The number of fused-ring (bicyclic) bond motifs is 1. The summed E-state index contributed by atoms with van der Waals surface area (Å²) in [6, 6.07) is 5.96. The van der Waals surface area contributed by atoms with E-state index in [1.807, 2.05) is 19.1 Å². The summed E-state index contributed by atoms with van der Waals surface area (Å²) in [6.45, 7) is 2.73. The first-order valence-electron chi connectivity index (χ1n) is 5.63. The molecule has 0 aliphatic heterocycles. The second-order valence-corrected chi connectivity index (χ2v) is 7.10. The highest BCUT2D eigenvalue weighted by Crippen LogP contribution is 2.30. The third-order valence-corrected chi connectivity index (χ3v) is 4.77. The molecule has 19 heavy (non-hydrogen) atoms. The van der Waals surface area contributed by atoms with E-state index in [0.29, 0.717) is 12.5 Å². The lowest BCUT2D eigenvalue weighted by Gasteiger charge is -2.05. The number of aryl methyl sites for hydroxylation is 1. The van der Waals surface area contributed by atoms with Crippen LogP contribution in [0.15, 0.2) is 18.2 Å². The molecule has 4 nitrogen and oxygen atoms in total. The van der Waals surface area contributed by atoms with E-state index in [2.05, 4.69) is 21.4 Å². The summed E-state index contributed by atoms with van der Waals surface area (Å²) in [5, 5.41) is 4.31. The minimum atomic E-state index is 0.293. The van der Waals surface area contributed by atoms with E-state index in [9.17, 15) is 0 Å². The topological polar surface area (TPSA) is 63.8 Å². The fourth-order valence-electron chi connectivity index (χ4n) is 1.81. The number of hydrogen-bond acceptors (Lipinski definition) is 6. The van der Waals surface area contributed by atoms with Gasteiger partial charge in [0.25, 0.3) is 0 Å². The van der Waals surface area contributed by atoms with E-state index in [1.54, 1.807) is 22.7 Å². The van der Waals surface area contributed by atoms with Crippen LogP contribution in [0.4, 0.5) is 11.8 Å². The molecule has 0 aliphatic rings. The Morgan fingerprint density at radius 3 is 2.89 bits per heavy atom. The molecule has 3 heterocycles. The number of thiophene rings is 2. The molecule has 0 saturated heterocycles. The fourth-order valence-corrected chi connectivity index (χ4v) is 3.72. The van der Waals surface area contributed by atoms with Crippen LogP contribution in [0.2, 0.25) is 4.34 Å². The zero-order valence-corrected chi connectivity index (χ0v) is 12.5. The van der Waals surface area contributed by atoms with Gasteiger partial charge in [0.15, 0.2) is 0 Å². The number of nitrogens with zero attached hydrogens (tertiary/aromatic N) is 2. The summed E-state index contributed by atoms with van der Waals surface area (Å²) >= 11 is 9.08. The molecular formula is C12H11ClN4S2. The predicted molar refractivity (Wildman–Crippen MR) is 83.2 cm³/mol. The van der Waals surface area contributed by atoms with Crippen molar-refractivity contribution in [1.29, 1.82) is 0 Å². The predicted octanol–water partition coefficient (Wildman–Crippen LogP) is 3.91. The van der Waals surface area contributed by atoms with Crippen LogP contribution < -0.4 is 11.1 Å². The van der Waals surface area contributed by atoms with E-state index < -0.39 is 0 Å². The molecule has 0 spiro atoms. The van der Waals surface area contributed by atoms with Gasteiger partial charge in [-0.3, -0.25) is 0 Å². The van der Waals surface area contributed by atoms with Crippen molar-refractivity contribution in [3.8, 4) is 0 Å². The van der Waals surface area contributed by atoms with Crippen molar-refractivity contribution in [2.45, 2.75) is 13.5 Å². The Morgan fingerprint density at radius 2 is 2.16 bits per heavy atom. The van der Waals surface area contributed by atoms with E-state index in [1.165, 1.54) is 4.88 Å². The van der Waals surface area contributed by atoms with Crippen LogP contribution in [0, 0.1) is 6.92 Å². The van der Waals surface area contributed by atoms with E-state index in [-0.39, 0.29) is 0 Å². The summed E-state index contributed by atoms with van der Waals surface area (Å²) in [5.41, 5.74) is 5.73. The minimum absolute atomic E-state index is 0.293. The van der Waals surface area contributed by atoms with Gasteiger partial charge >= 0.3 is 0 Å². The summed E-state index contributed by atoms with van der Waals surface area (Å²) in [4.78, 5) is 11.8. The number of aromatic nitrogens is 2. The molecule has 0 saturated carbocycles. The van der Waals surface area contributed by atoms with Gasteiger partial charge in [0.1, 0.15) is 10.6 Å². The maximum Gasteiger partial charge on any atom is 0.223 e. The fraction of sp³-hybridized carbons (Fsp3) is 0.167. The molecule has 0 amide bonds. The average molecular weight is 311 g/mol. The molecule has 0 radical (unpaired) electrons. The molecule has 0 aliphatic carbocycles. The number of halogens is 1. The van der Waals surface area contributed by atoms with Crippen LogP contribution >= 0.6 is 34.3 Å². The Kier molecular flexibility index (Phi) is 3.30. The van der Waals surface area contributed by atoms with Gasteiger partial charge in [0, 0.05) is 9.75 Å². The molecule has 3 rings (SSSR count). The summed E-state index contributed by atoms with van der Waals surface area (Å²) in [7, 11) is 0. The highest BCUT2D eigenvalue weighted by molar-refractivity contribution is 7.18. The largest absolute Gasteiger partial charge is 0.368 e. The highest BCUT2D eigenvalue weighted by Gasteiger charge is 2.09. The molecule has 3 N–H and O–H groups in total. The molecule has 3 aromatic heterocycles. The van der Waals surface area contributed by atoms with E-state index in [0.717, 1.165) is 25.2 Å². The number of rotatable bonds is 3. The maximum absolute atomic E-state index is 5.91. The molecule has 0 bridgehead atoms. The first-order chi connectivity index (χ1) is 9.11. The van der Waals surface area contributed by atoms with E-state index >= 15 is 0 Å². The Bertz CT molecular complexity index is 734. The Hall–Kier alpha value is -1.37. The molecule has 0 atom stereocenters. The average Bonchev–Trinajstić information content (AvgIpc) is 2.91. The van der Waals surface area contributed by atoms with Crippen LogP contribution in [0.25, 0.3) is 10.2 Å². The van der Waals surface area contributed by atoms with Crippen molar-refractivity contribution in [1.82, 2.24) is 9.97 Å². The Balaban J connectivity index is 1.91. The Labute approximate surface area is 123 Å². The zero-order valence-electron chi connectivity index (χ0n) is 10.1. The Morgan fingerprint density at radius 1 is 1.32 bits per heavy atom. The van der Waals surface area contributed by atoms with Crippen molar-refractivity contribution in [2.24, 2.45) is 0 Å². The summed E-state index contributed by atoms with van der Waals surface area (Å²) in [5.74, 6) is 1.07. The number of nitrogens with one attached hydrogen (secondary N) is 1. The number of anilines is 2. The van der Waals surface area contributed by atoms with Crippen LogP contribution in [0.1, 0.15) is 9.75 Å².